The van der Waals surface area contributed by atoms with E-state index in [2.05, 4.69) is 31.3 Å². The van der Waals surface area contributed by atoms with Crippen LogP contribution in [0.2, 0.25) is 0 Å². The Balaban J connectivity index is 1.77. The molecule has 0 amide bonds. The third-order valence-electron chi connectivity index (χ3n) is 3.97. The molecule has 0 aliphatic carbocycles. The highest BCUT2D eigenvalue weighted by atomic mass is 19.1. The first-order chi connectivity index (χ1) is 10.1. The standard InChI is InChI=1S/C18H20FNO/c1-12-9-13(2)18-16(7-8-21-17(18)10-12)20-11-14-3-5-15(19)6-4-14/h3-6,9-10,16,20H,7-8,11H2,1-2H3. The van der Waals surface area contributed by atoms with Gasteiger partial charge in [-0.25, -0.2) is 4.39 Å². The van der Waals surface area contributed by atoms with Gasteiger partial charge < -0.3 is 10.1 Å². The number of hydrogen-bond donors (Lipinski definition) is 1. The molecule has 21 heavy (non-hydrogen) atoms. The van der Waals surface area contributed by atoms with Crippen molar-refractivity contribution in [3.8, 4) is 5.75 Å². The van der Waals surface area contributed by atoms with Crippen molar-refractivity contribution >= 4 is 0 Å². The zero-order chi connectivity index (χ0) is 14.8. The number of ether oxygens (including phenoxy) is 1. The molecule has 1 atom stereocenters. The van der Waals surface area contributed by atoms with Crippen LogP contribution in [-0.2, 0) is 6.54 Å². The van der Waals surface area contributed by atoms with E-state index >= 15 is 0 Å². The molecule has 3 heteroatoms. The van der Waals surface area contributed by atoms with Crippen molar-refractivity contribution in [2.24, 2.45) is 0 Å². The summed E-state index contributed by atoms with van der Waals surface area (Å²) in [7, 11) is 0. The minimum absolute atomic E-state index is 0.193. The summed E-state index contributed by atoms with van der Waals surface area (Å²) in [5.41, 5.74) is 4.84. The van der Waals surface area contributed by atoms with Crippen molar-refractivity contribution in [2.75, 3.05) is 6.61 Å². The number of hydrogen-bond acceptors (Lipinski definition) is 2. The second-order valence-corrected chi connectivity index (χ2v) is 5.69. The Bertz CT molecular complexity index is 636. The first kappa shape index (κ1) is 14.1. The first-order valence-corrected chi connectivity index (χ1v) is 7.35. The van der Waals surface area contributed by atoms with Gasteiger partial charge in [0.2, 0.25) is 0 Å². The summed E-state index contributed by atoms with van der Waals surface area (Å²) in [6.45, 7) is 5.69. The quantitative estimate of drug-likeness (QED) is 0.918. The van der Waals surface area contributed by atoms with Gasteiger partial charge >= 0.3 is 0 Å². The van der Waals surface area contributed by atoms with E-state index in [1.807, 2.05) is 12.1 Å². The third-order valence-corrected chi connectivity index (χ3v) is 3.97. The molecule has 1 unspecified atom stereocenters. The molecule has 1 heterocycles. The fraction of sp³-hybridized carbons (Fsp3) is 0.333. The predicted molar refractivity (Wildman–Crippen MR) is 82.0 cm³/mol. The molecule has 0 radical (unpaired) electrons. The third kappa shape index (κ3) is 3.08. The summed E-state index contributed by atoms with van der Waals surface area (Å²) < 4.78 is 18.7. The molecule has 0 fully saturated rings. The van der Waals surface area contributed by atoms with Gasteiger partial charge in [-0.2, -0.15) is 0 Å². The highest BCUT2D eigenvalue weighted by Gasteiger charge is 2.23. The second kappa shape index (κ2) is 5.86. The van der Waals surface area contributed by atoms with Gasteiger partial charge in [0.05, 0.1) is 6.61 Å². The molecule has 0 bridgehead atoms. The van der Waals surface area contributed by atoms with Crippen LogP contribution in [0.5, 0.6) is 5.75 Å². The van der Waals surface area contributed by atoms with Crippen LogP contribution in [0.25, 0.3) is 0 Å². The van der Waals surface area contributed by atoms with E-state index in [4.69, 9.17) is 4.74 Å². The summed E-state index contributed by atoms with van der Waals surface area (Å²) in [5, 5.41) is 3.57. The van der Waals surface area contributed by atoms with Crippen molar-refractivity contribution in [2.45, 2.75) is 32.9 Å². The minimum Gasteiger partial charge on any atom is -0.493 e. The van der Waals surface area contributed by atoms with Crippen LogP contribution in [0.1, 0.15) is 34.7 Å². The lowest BCUT2D eigenvalue weighted by molar-refractivity contribution is 0.251. The van der Waals surface area contributed by atoms with Gasteiger partial charge in [-0.3, -0.25) is 0 Å². The lowest BCUT2D eigenvalue weighted by Crippen LogP contribution is -2.27. The summed E-state index contributed by atoms with van der Waals surface area (Å²) in [5.74, 6) is 0.803. The molecule has 0 saturated heterocycles. The van der Waals surface area contributed by atoms with Crippen molar-refractivity contribution < 1.29 is 9.13 Å². The maximum Gasteiger partial charge on any atom is 0.124 e. The Morgan fingerprint density at radius 1 is 1.19 bits per heavy atom. The lowest BCUT2D eigenvalue weighted by Gasteiger charge is -2.29. The predicted octanol–water partition coefficient (Wildman–Crippen LogP) is 4.06. The van der Waals surface area contributed by atoms with Gasteiger partial charge in [-0.05, 0) is 48.7 Å². The van der Waals surface area contributed by atoms with Crippen LogP contribution in [0.15, 0.2) is 36.4 Å². The number of aryl methyl sites for hydroxylation is 2. The summed E-state index contributed by atoms with van der Waals surface area (Å²) in [4.78, 5) is 0. The van der Waals surface area contributed by atoms with E-state index in [-0.39, 0.29) is 5.82 Å². The Kier molecular flexibility index (Phi) is 3.93. The topological polar surface area (TPSA) is 21.3 Å². The Morgan fingerprint density at radius 3 is 2.71 bits per heavy atom. The van der Waals surface area contributed by atoms with E-state index in [1.165, 1.54) is 28.8 Å². The van der Waals surface area contributed by atoms with Gasteiger partial charge in [-0.1, -0.05) is 18.2 Å². The largest absolute Gasteiger partial charge is 0.493 e. The van der Waals surface area contributed by atoms with Gasteiger partial charge in [0, 0.05) is 24.6 Å². The number of benzene rings is 2. The number of rotatable bonds is 3. The van der Waals surface area contributed by atoms with E-state index in [9.17, 15) is 4.39 Å². The molecule has 0 spiro atoms. The molecule has 0 aromatic heterocycles. The van der Waals surface area contributed by atoms with E-state index in [0.29, 0.717) is 6.04 Å². The summed E-state index contributed by atoms with van der Waals surface area (Å²) in [6.07, 6.45) is 0.956. The van der Waals surface area contributed by atoms with Gasteiger partial charge in [0.15, 0.2) is 0 Å². The zero-order valence-electron chi connectivity index (χ0n) is 12.4. The first-order valence-electron chi connectivity index (χ1n) is 7.35. The fourth-order valence-corrected chi connectivity index (χ4v) is 2.98. The van der Waals surface area contributed by atoms with Crippen LogP contribution < -0.4 is 10.1 Å². The number of halogens is 1. The Labute approximate surface area is 125 Å². The van der Waals surface area contributed by atoms with Crippen LogP contribution in [-0.4, -0.2) is 6.61 Å². The maximum absolute atomic E-state index is 12.9. The monoisotopic (exact) mass is 285 g/mol. The summed E-state index contributed by atoms with van der Waals surface area (Å²) >= 11 is 0. The zero-order valence-corrected chi connectivity index (χ0v) is 12.4. The fourth-order valence-electron chi connectivity index (χ4n) is 2.98. The minimum atomic E-state index is -0.193. The van der Waals surface area contributed by atoms with Gasteiger partial charge in [0.25, 0.3) is 0 Å². The van der Waals surface area contributed by atoms with Crippen molar-refractivity contribution in [1.82, 2.24) is 5.32 Å². The van der Waals surface area contributed by atoms with E-state index in [0.717, 1.165) is 30.9 Å². The van der Waals surface area contributed by atoms with Gasteiger partial charge in [0.1, 0.15) is 11.6 Å². The van der Waals surface area contributed by atoms with Crippen molar-refractivity contribution in [1.29, 1.82) is 0 Å². The molecular weight excluding hydrogens is 265 g/mol. The Hall–Kier alpha value is -1.87. The molecule has 3 rings (SSSR count). The van der Waals surface area contributed by atoms with Crippen LogP contribution in [0.3, 0.4) is 0 Å². The average Bonchev–Trinajstić information content (AvgIpc) is 2.46. The molecule has 110 valence electrons. The van der Waals surface area contributed by atoms with E-state index < -0.39 is 0 Å². The molecular formula is C18H20FNO. The lowest BCUT2D eigenvalue weighted by atomic mass is 9.94. The molecule has 1 aliphatic rings. The van der Waals surface area contributed by atoms with Crippen LogP contribution >= 0.6 is 0 Å². The molecule has 0 saturated carbocycles. The van der Waals surface area contributed by atoms with Crippen LogP contribution in [0, 0.1) is 19.7 Å². The summed E-state index contributed by atoms with van der Waals surface area (Å²) in [6, 6.07) is 11.2. The SMILES string of the molecule is Cc1cc(C)c2c(c1)OCCC2NCc1ccc(F)cc1. The van der Waals surface area contributed by atoms with Crippen molar-refractivity contribution in [3.05, 3.63) is 64.5 Å². The molecule has 2 nitrogen and oxygen atoms in total. The second-order valence-electron chi connectivity index (χ2n) is 5.69. The highest BCUT2D eigenvalue weighted by molar-refractivity contribution is 5.46. The van der Waals surface area contributed by atoms with Gasteiger partial charge in [-0.15, -0.1) is 0 Å². The van der Waals surface area contributed by atoms with E-state index in [1.54, 1.807) is 0 Å². The van der Waals surface area contributed by atoms with Crippen LogP contribution in [0.4, 0.5) is 4.39 Å². The molecule has 1 aliphatic heterocycles. The molecule has 2 aromatic carbocycles. The smallest absolute Gasteiger partial charge is 0.124 e. The Morgan fingerprint density at radius 2 is 1.95 bits per heavy atom. The number of nitrogens with one attached hydrogen (secondary N) is 1. The highest BCUT2D eigenvalue weighted by Crippen LogP contribution is 2.35. The number of fused-ring (bicyclic) bond motifs is 1. The average molecular weight is 285 g/mol. The maximum atomic E-state index is 12.9. The normalized spacial score (nSPS) is 17.2. The molecule has 2 aromatic rings. The van der Waals surface area contributed by atoms with Crippen molar-refractivity contribution in [3.63, 3.8) is 0 Å². The molecule has 1 N–H and O–H groups in total.